The van der Waals surface area contributed by atoms with Gasteiger partial charge in [0, 0.05) is 47.6 Å². The Hall–Kier alpha value is -7.21. The van der Waals surface area contributed by atoms with E-state index in [2.05, 4.69) is 48.5 Å². The summed E-state index contributed by atoms with van der Waals surface area (Å²) in [5.74, 6) is 1.04. The van der Waals surface area contributed by atoms with Crippen LogP contribution in [0.4, 0.5) is 0 Å². The first kappa shape index (κ1) is 25.0. The van der Waals surface area contributed by atoms with Crippen LogP contribution in [0.5, 0.6) is 0 Å². The zero-order valence-corrected chi connectivity index (χ0v) is 30.4. The highest BCUT2D eigenvalue weighted by Crippen LogP contribution is 2.43. The lowest BCUT2D eigenvalue weighted by molar-refractivity contribution is 1.06. The molecular weight excluding hydrogens is 701 g/mol. The summed E-state index contributed by atoms with van der Waals surface area (Å²) in [6.07, 6.45) is 0. The highest BCUT2D eigenvalue weighted by Gasteiger charge is 2.21. The van der Waals surface area contributed by atoms with Gasteiger partial charge in [-0.1, -0.05) is 158 Å². The summed E-state index contributed by atoms with van der Waals surface area (Å²) in [5.41, 5.74) is 6.27. The van der Waals surface area contributed by atoms with E-state index >= 15 is 0 Å². The molecule has 0 unspecified atom stereocenters. The monoisotopic (exact) mass is 740 g/mol. The van der Waals surface area contributed by atoms with E-state index < -0.39 is 48.3 Å². The molecule has 0 aliphatic heterocycles. The second-order valence-electron chi connectivity index (χ2n) is 13.4. The van der Waals surface area contributed by atoms with Crippen molar-refractivity contribution in [3.63, 3.8) is 0 Å². The first-order valence-electron chi connectivity index (χ1n) is 22.1. The first-order valence-corrected chi connectivity index (χ1v) is 18.9. The molecule has 0 amide bonds. The Bertz CT molecular complexity index is 3570. The van der Waals surface area contributed by atoms with Crippen molar-refractivity contribution < 1.29 is 11.0 Å². The van der Waals surface area contributed by atoms with Gasteiger partial charge in [0.05, 0.1) is 27.7 Å². The lowest BCUT2D eigenvalue weighted by Crippen LogP contribution is -2.04. The zero-order chi connectivity index (χ0) is 44.0. The van der Waals surface area contributed by atoms with Crippen LogP contribution < -0.4 is 0 Å². The quantitative estimate of drug-likeness (QED) is 0.170. The fraction of sp³-hybridized carbons (Fsp3) is 0. The van der Waals surface area contributed by atoms with Gasteiger partial charge in [-0.25, -0.2) is 15.0 Å². The van der Waals surface area contributed by atoms with Gasteiger partial charge in [0.1, 0.15) is 0 Å². The first-order chi connectivity index (χ1) is 31.1. The van der Waals surface area contributed by atoms with Crippen LogP contribution in [0.1, 0.15) is 11.0 Å². The van der Waals surface area contributed by atoms with Crippen molar-refractivity contribution in [3.8, 4) is 62.1 Å². The summed E-state index contributed by atoms with van der Waals surface area (Å²) in [6.45, 7) is 0. The summed E-state index contributed by atoms with van der Waals surface area (Å²) in [7, 11) is 0. The van der Waals surface area contributed by atoms with Gasteiger partial charge in [-0.3, -0.25) is 0 Å². The Morgan fingerprint density at radius 3 is 1.61 bits per heavy atom. The lowest BCUT2D eigenvalue weighted by atomic mass is 9.98. The fourth-order valence-corrected chi connectivity index (χ4v) is 8.72. The van der Waals surface area contributed by atoms with E-state index in [0.29, 0.717) is 22.9 Å². The molecule has 56 heavy (non-hydrogen) atoms. The van der Waals surface area contributed by atoms with Gasteiger partial charge in [-0.05, 0) is 58.6 Å². The van der Waals surface area contributed by atoms with Gasteiger partial charge in [0.2, 0.25) is 0 Å². The van der Waals surface area contributed by atoms with Crippen LogP contribution in [-0.2, 0) is 0 Å². The van der Waals surface area contributed by atoms with Crippen molar-refractivity contribution in [2.24, 2.45) is 0 Å². The second-order valence-corrected chi connectivity index (χ2v) is 14.5. The largest absolute Gasteiger partial charge is 0.309 e. The highest BCUT2D eigenvalue weighted by atomic mass is 32.1. The van der Waals surface area contributed by atoms with Crippen LogP contribution in [0.15, 0.2) is 194 Å². The van der Waals surface area contributed by atoms with Crippen LogP contribution in [0.25, 0.3) is 104 Å². The second kappa shape index (κ2) is 13.3. The fourth-order valence-electron chi connectivity index (χ4n) is 7.50. The van der Waals surface area contributed by atoms with Gasteiger partial charge in [-0.2, -0.15) is 0 Å². The molecule has 11 rings (SSSR count). The molecule has 0 aliphatic carbocycles. The smallest absolute Gasteiger partial charge is 0.166 e. The van der Waals surface area contributed by atoms with Crippen LogP contribution >= 0.6 is 11.3 Å². The van der Waals surface area contributed by atoms with Crippen molar-refractivity contribution >= 4 is 53.3 Å². The third kappa shape index (κ3) is 5.40. The summed E-state index contributed by atoms with van der Waals surface area (Å²) in [6, 6.07) is 44.2. The molecule has 3 heterocycles. The van der Waals surface area contributed by atoms with E-state index in [1.165, 1.54) is 9.27 Å². The third-order valence-corrected chi connectivity index (χ3v) is 11.3. The minimum absolute atomic E-state index is 0.00278. The van der Waals surface area contributed by atoms with Crippen LogP contribution in [0.3, 0.4) is 0 Å². The molecule has 0 spiro atoms. The Morgan fingerprint density at radius 1 is 0.411 bits per heavy atom. The van der Waals surface area contributed by atoms with E-state index in [9.17, 15) is 2.74 Å². The maximum absolute atomic E-state index is 9.27. The Labute approximate surface area is 338 Å². The van der Waals surface area contributed by atoms with E-state index in [0.717, 1.165) is 48.9 Å². The van der Waals surface area contributed by atoms with Gasteiger partial charge in [-0.15, -0.1) is 11.3 Å². The summed E-state index contributed by atoms with van der Waals surface area (Å²) >= 11 is 1.74. The number of benzene rings is 8. The molecule has 0 N–H and O–H groups in total. The topological polar surface area (TPSA) is 43.6 Å². The van der Waals surface area contributed by atoms with Crippen molar-refractivity contribution in [3.05, 3.63) is 194 Å². The molecule has 0 saturated heterocycles. The molecule has 5 heteroatoms. The van der Waals surface area contributed by atoms with E-state index in [1.807, 2.05) is 97.1 Å². The summed E-state index contributed by atoms with van der Waals surface area (Å²) < 4.78 is 75.3. The number of thiophene rings is 1. The lowest BCUT2D eigenvalue weighted by Gasteiger charge is -2.16. The molecule has 262 valence electrons. The molecule has 3 aromatic heterocycles. The third-order valence-electron chi connectivity index (χ3n) is 10.1. The van der Waals surface area contributed by atoms with Crippen molar-refractivity contribution in [2.45, 2.75) is 0 Å². The maximum atomic E-state index is 9.27. The molecular formula is C51H32N4S. The molecule has 0 saturated carbocycles. The zero-order valence-electron chi connectivity index (χ0n) is 37.6. The van der Waals surface area contributed by atoms with Gasteiger partial charge in [0.15, 0.2) is 17.5 Å². The Kier molecular flexibility index (Phi) is 5.92. The average molecular weight is 741 g/mol. The maximum Gasteiger partial charge on any atom is 0.166 e. The number of nitrogens with zero attached hydrogens (tertiary/aromatic N) is 4. The number of aromatic nitrogens is 4. The molecule has 0 radical (unpaired) electrons. The molecule has 0 atom stereocenters. The van der Waals surface area contributed by atoms with Crippen molar-refractivity contribution in [1.82, 2.24) is 19.5 Å². The van der Waals surface area contributed by atoms with Crippen molar-refractivity contribution in [2.75, 3.05) is 0 Å². The SMILES string of the molecule is [2H]c1c([2H])c([2H])c2c(c1[2H])c1c([2H])c([2H])c([2H])c([2H])c1n2-c1ccc(-c2ccc3sc4c(-c5ccccc5)cccc4c3c2)cc1-c1nc(-c2ccccc2)nc(-c2ccccc2)n1. The van der Waals surface area contributed by atoms with Gasteiger partial charge < -0.3 is 4.57 Å². The number of hydrogen-bond acceptors (Lipinski definition) is 4. The Balaban J connectivity index is 1.24. The van der Waals surface area contributed by atoms with E-state index in [1.54, 1.807) is 11.3 Å². The molecule has 0 fully saturated rings. The van der Waals surface area contributed by atoms with Gasteiger partial charge >= 0.3 is 0 Å². The van der Waals surface area contributed by atoms with Crippen LogP contribution in [0.2, 0.25) is 0 Å². The number of rotatable bonds is 6. The predicted molar refractivity (Wildman–Crippen MR) is 234 cm³/mol. The summed E-state index contributed by atoms with van der Waals surface area (Å²) in [4.78, 5) is 15.1. The minimum Gasteiger partial charge on any atom is -0.309 e. The normalized spacial score (nSPS) is 13.6. The molecule has 4 nitrogen and oxygen atoms in total. The number of hydrogen-bond donors (Lipinski definition) is 0. The van der Waals surface area contributed by atoms with Crippen LogP contribution in [-0.4, -0.2) is 19.5 Å². The Morgan fingerprint density at radius 2 is 0.964 bits per heavy atom. The molecule has 0 bridgehead atoms. The predicted octanol–water partition coefficient (Wildman–Crippen LogP) is 13.7. The highest BCUT2D eigenvalue weighted by molar-refractivity contribution is 7.26. The standard InChI is InChI=1S/C51H32N4S/c1-4-15-33(16-5-1)38-23-14-24-41-42-31-37(28-30-47(42)56-48(38)41)36-27-29-46(55-44-25-12-10-21-39(44)40-22-11-13-26-45(40)55)43(32-36)51-53-49(34-17-6-2-7-18-34)52-50(54-51)35-19-8-3-9-20-35/h1-32H/i10D,11D,12D,13D,21D,22D,25D,26D. The number of para-hydroxylation sites is 2. The molecule has 11 aromatic rings. The minimum atomic E-state index is -0.510. The molecule has 0 aliphatic rings. The van der Waals surface area contributed by atoms with Crippen LogP contribution in [0, 0.1) is 0 Å². The van der Waals surface area contributed by atoms with E-state index in [4.69, 9.17) is 23.2 Å². The van der Waals surface area contributed by atoms with Gasteiger partial charge in [0.25, 0.3) is 0 Å². The van der Waals surface area contributed by atoms with Crippen molar-refractivity contribution in [1.29, 1.82) is 0 Å². The molecule has 8 aromatic carbocycles. The number of fused-ring (bicyclic) bond motifs is 6. The van der Waals surface area contributed by atoms with E-state index in [-0.39, 0.29) is 27.6 Å². The average Bonchev–Trinajstić information content (AvgIpc) is 3.91. The summed E-state index contributed by atoms with van der Waals surface area (Å²) in [5, 5.41) is 2.19.